The number of hydrogen-bond donors (Lipinski definition) is 1. The second-order valence-electron chi connectivity index (χ2n) is 5.97. The van der Waals surface area contributed by atoms with Crippen LogP contribution < -0.4 is 0 Å². The average Bonchev–Trinajstić information content (AvgIpc) is 2.99. The van der Waals surface area contributed by atoms with Crippen LogP contribution in [0.15, 0.2) is 29.0 Å². The molecule has 2 heterocycles. The zero-order valence-corrected chi connectivity index (χ0v) is 13.7. The number of carbonyl (C=O) groups excluding carboxylic acids is 1. The molecular weight excluding hydrogens is 296 g/mol. The second-order valence-corrected chi connectivity index (χ2v) is 5.97. The predicted octanol–water partition coefficient (Wildman–Crippen LogP) is 1.68. The SMILES string of the molecule is CCN(CC(C)(C)O)C(=O)CCc1nc(-c2cccnc2)no1. The Morgan fingerprint density at radius 3 is 2.83 bits per heavy atom. The number of amides is 1. The number of aromatic nitrogens is 3. The minimum atomic E-state index is -0.913. The van der Waals surface area contributed by atoms with Crippen LogP contribution in [0.2, 0.25) is 0 Å². The van der Waals surface area contributed by atoms with Gasteiger partial charge in [0.05, 0.1) is 5.60 Å². The minimum Gasteiger partial charge on any atom is -0.389 e. The van der Waals surface area contributed by atoms with Crippen molar-refractivity contribution < 1.29 is 14.4 Å². The minimum absolute atomic E-state index is 0.0456. The molecule has 0 unspecified atom stereocenters. The summed E-state index contributed by atoms with van der Waals surface area (Å²) in [5.41, 5.74) is -0.144. The summed E-state index contributed by atoms with van der Waals surface area (Å²) in [6, 6.07) is 3.64. The Morgan fingerprint density at radius 2 is 2.22 bits per heavy atom. The molecule has 1 N–H and O–H groups in total. The van der Waals surface area contributed by atoms with Gasteiger partial charge in [-0.25, -0.2) is 0 Å². The normalized spacial score (nSPS) is 11.5. The standard InChI is InChI=1S/C16H22N4O3/c1-4-20(11-16(2,3)22)14(21)8-7-13-18-15(19-23-13)12-6-5-9-17-10-12/h5-6,9-10,22H,4,7-8,11H2,1-3H3. The van der Waals surface area contributed by atoms with E-state index in [4.69, 9.17) is 4.52 Å². The van der Waals surface area contributed by atoms with Crippen molar-refractivity contribution in [1.82, 2.24) is 20.0 Å². The fourth-order valence-electron chi connectivity index (χ4n) is 2.18. The molecule has 124 valence electrons. The van der Waals surface area contributed by atoms with Crippen LogP contribution in [0.25, 0.3) is 11.4 Å². The van der Waals surface area contributed by atoms with Gasteiger partial charge in [0, 0.05) is 43.9 Å². The van der Waals surface area contributed by atoms with E-state index in [9.17, 15) is 9.90 Å². The molecule has 2 rings (SSSR count). The monoisotopic (exact) mass is 318 g/mol. The van der Waals surface area contributed by atoms with E-state index in [1.54, 1.807) is 37.2 Å². The maximum atomic E-state index is 12.2. The van der Waals surface area contributed by atoms with Crippen LogP contribution in [0.3, 0.4) is 0 Å². The van der Waals surface area contributed by atoms with Crippen LogP contribution >= 0.6 is 0 Å². The molecule has 0 aromatic carbocycles. The Kier molecular flexibility index (Phi) is 5.44. The lowest BCUT2D eigenvalue weighted by molar-refractivity contribution is -0.134. The molecule has 7 nitrogen and oxygen atoms in total. The third kappa shape index (κ3) is 5.14. The molecule has 2 aromatic rings. The van der Waals surface area contributed by atoms with E-state index in [1.165, 1.54) is 0 Å². The van der Waals surface area contributed by atoms with E-state index in [-0.39, 0.29) is 12.3 Å². The Morgan fingerprint density at radius 1 is 1.43 bits per heavy atom. The summed E-state index contributed by atoms with van der Waals surface area (Å²) >= 11 is 0. The summed E-state index contributed by atoms with van der Waals surface area (Å²) in [7, 11) is 0. The van der Waals surface area contributed by atoms with Crippen LogP contribution in [0, 0.1) is 0 Å². The van der Waals surface area contributed by atoms with Crippen LogP contribution in [0.4, 0.5) is 0 Å². The van der Waals surface area contributed by atoms with E-state index in [1.807, 2.05) is 13.0 Å². The molecule has 2 aromatic heterocycles. The van der Waals surface area contributed by atoms with Gasteiger partial charge in [0.1, 0.15) is 0 Å². The van der Waals surface area contributed by atoms with Crippen molar-refractivity contribution in [3.8, 4) is 11.4 Å². The van der Waals surface area contributed by atoms with E-state index in [2.05, 4.69) is 15.1 Å². The first-order valence-electron chi connectivity index (χ1n) is 7.62. The van der Waals surface area contributed by atoms with Crippen molar-refractivity contribution in [3.05, 3.63) is 30.4 Å². The number of aliphatic hydroxyl groups is 1. The molecule has 0 spiro atoms. The van der Waals surface area contributed by atoms with Gasteiger partial charge >= 0.3 is 0 Å². The molecule has 0 aliphatic heterocycles. The van der Waals surface area contributed by atoms with Gasteiger partial charge in [0.2, 0.25) is 17.6 Å². The fourth-order valence-corrected chi connectivity index (χ4v) is 2.18. The highest BCUT2D eigenvalue weighted by atomic mass is 16.5. The largest absolute Gasteiger partial charge is 0.389 e. The molecule has 23 heavy (non-hydrogen) atoms. The Balaban J connectivity index is 1.93. The van der Waals surface area contributed by atoms with Crippen molar-refractivity contribution >= 4 is 5.91 Å². The summed E-state index contributed by atoms with van der Waals surface area (Å²) in [6.07, 6.45) is 3.96. The van der Waals surface area contributed by atoms with Crippen LogP contribution in [-0.2, 0) is 11.2 Å². The van der Waals surface area contributed by atoms with Gasteiger partial charge in [0.25, 0.3) is 0 Å². The van der Waals surface area contributed by atoms with E-state index < -0.39 is 5.60 Å². The summed E-state index contributed by atoms with van der Waals surface area (Å²) in [4.78, 5) is 22.1. The molecule has 0 aliphatic rings. The highest BCUT2D eigenvalue weighted by Crippen LogP contribution is 2.15. The Bertz CT molecular complexity index is 634. The number of hydrogen-bond acceptors (Lipinski definition) is 6. The predicted molar refractivity (Wildman–Crippen MR) is 84.4 cm³/mol. The first kappa shape index (κ1) is 17.1. The quantitative estimate of drug-likeness (QED) is 0.835. The lowest BCUT2D eigenvalue weighted by atomic mass is 10.1. The molecule has 0 saturated heterocycles. The number of carbonyl (C=O) groups is 1. The molecule has 7 heteroatoms. The van der Waals surface area contributed by atoms with Crippen molar-refractivity contribution in [2.45, 2.75) is 39.2 Å². The first-order valence-corrected chi connectivity index (χ1v) is 7.62. The summed E-state index contributed by atoms with van der Waals surface area (Å²) in [5, 5.41) is 13.7. The van der Waals surface area contributed by atoms with Crippen molar-refractivity contribution in [2.75, 3.05) is 13.1 Å². The zero-order chi connectivity index (χ0) is 16.9. The molecule has 0 atom stereocenters. The molecule has 0 bridgehead atoms. The van der Waals surface area contributed by atoms with Crippen molar-refractivity contribution in [2.24, 2.45) is 0 Å². The van der Waals surface area contributed by atoms with Gasteiger partial charge in [-0.1, -0.05) is 5.16 Å². The van der Waals surface area contributed by atoms with Crippen LogP contribution in [0.5, 0.6) is 0 Å². The fraction of sp³-hybridized carbons (Fsp3) is 0.500. The molecule has 0 saturated carbocycles. The number of likely N-dealkylation sites (N-methyl/N-ethyl adjacent to an activating group) is 1. The third-order valence-electron chi connectivity index (χ3n) is 3.25. The highest BCUT2D eigenvalue weighted by Gasteiger charge is 2.21. The van der Waals surface area contributed by atoms with E-state index in [0.29, 0.717) is 31.2 Å². The van der Waals surface area contributed by atoms with Crippen molar-refractivity contribution in [1.29, 1.82) is 0 Å². The average molecular weight is 318 g/mol. The highest BCUT2D eigenvalue weighted by molar-refractivity contribution is 5.76. The number of aryl methyl sites for hydroxylation is 1. The maximum absolute atomic E-state index is 12.2. The Hall–Kier alpha value is -2.28. The van der Waals surface area contributed by atoms with Crippen molar-refractivity contribution in [3.63, 3.8) is 0 Å². The van der Waals surface area contributed by atoms with Gasteiger partial charge in [-0.15, -0.1) is 0 Å². The lowest BCUT2D eigenvalue weighted by Crippen LogP contribution is -2.42. The Labute approximate surface area is 135 Å². The summed E-state index contributed by atoms with van der Waals surface area (Å²) < 4.78 is 5.17. The van der Waals surface area contributed by atoms with Gasteiger partial charge < -0.3 is 14.5 Å². The topological polar surface area (TPSA) is 92.3 Å². The third-order valence-corrected chi connectivity index (χ3v) is 3.25. The zero-order valence-electron chi connectivity index (χ0n) is 13.7. The molecule has 0 aliphatic carbocycles. The molecular formula is C16H22N4O3. The van der Waals surface area contributed by atoms with Gasteiger partial charge in [-0.05, 0) is 32.9 Å². The smallest absolute Gasteiger partial charge is 0.227 e. The lowest BCUT2D eigenvalue weighted by Gasteiger charge is -2.28. The number of rotatable bonds is 7. The first-order chi connectivity index (χ1) is 10.9. The van der Waals surface area contributed by atoms with Gasteiger partial charge in [-0.3, -0.25) is 9.78 Å². The maximum Gasteiger partial charge on any atom is 0.227 e. The van der Waals surface area contributed by atoms with Crippen LogP contribution in [-0.4, -0.2) is 49.7 Å². The molecule has 1 amide bonds. The van der Waals surface area contributed by atoms with Gasteiger partial charge in [0.15, 0.2) is 0 Å². The molecule has 0 fully saturated rings. The van der Waals surface area contributed by atoms with E-state index >= 15 is 0 Å². The number of pyridine rings is 1. The van der Waals surface area contributed by atoms with Gasteiger partial charge in [-0.2, -0.15) is 4.98 Å². The summed E-state index contributed by atoms with van der Waals surface area (Å²) in [5.74, 6) is 0.830. The van der Waals surface area contributed by atoms with E-state index in [0.717, 1.165) is 5.56 Å². The molecule has 0 radical (unpaired) electrons. The number of nitrogens with zero attached hydrogens (tertiary/aromatic N) is 4. The van der Waals surface area contributed by atoms with Crippen LogP contribution in [0.1, 0.15) is 33.1 Å². The second kappa shape index (κ2) is 7.32. The summed E-state index contributed by atoms with van der Waals surface area (Å²) in [6.45, 7) is 6.10.